The molecule has 4 rings (SSSR count). The summed E-state index contributed by atoms with van der Waals surface area (Å²) in [5.74, 6) is -0.330. The molecule has 1 amide bonds. The Labute approximate surface area is 176 Å². The van der Waals surface area contributed by atoms with Gasteiger partial charge >= 0.3 is 5.97 Å². The number of aromatic nitrogens is 1. The highest BCUT2D eigenvalue weighted by atomic mass is 16.5. The first kappa shape index (κ1) is 19.9. The number of para-hydroxylation sites is 1. The van der Waals surface area contributed by atoms with Crippen LogP contribution in [0.4, 0.5) is 5.69 Å². The van der Waals surface area contributed by atoms with Gasteiger partial charge in [0, 0.05) is 43.3 Å². The molecule has 0 unspecified atom stereocenters. The predicted octanol–water partition coefficient (Wildman–Crippen LogP) is 3.68. The number of esters is 1. The van der Waals surface area contributed by atoms with Crippen molar-refractivity contribution in [2.45, 2.75) is 13.8 Å². The van der Waals surface area contributed by atoms with Crippen molar-refractivity contribution >= 4 is 28.5 Å². The van der Waals surface area contributed by atoms with Crippen molar-refractivity contribution in [1.82, 2.24) is 9.88 Å². The number of benzene rings is 2. The maximum Gasteiger partial charge on any atom is 0.341 e. The SMILES string of the molecule is CCOC(=O)c1cnc2ccccc2c1N1CCN(C(=O)c2ccc(C)cc2)CC1. The quantitative estimate of drug-likeness (QED) is 0.622. The summed E-state index contributed by atoms with van der Waals surface area (Å²) in [6, 6.07) is 15.4. The second kappa shape index (κ2) is 8.53. The second-order valence-corrected chi connectivity index (χ2v) is 7.40. The Bertz CT molecular complexity index is 1070. The van der Waals surface area contributed by atoms with Gasteiger partial charge in [-0.1, -0.05) is 35.9 Å². The van der Waals surface area contributed by atoms with E-state index in [1.807, 2.05) is 60.4 Å². The Hall–Kier alpha value is -3.41. The fourth-order valence-electron chi connectivity index (χ4n) is 3.84. The Morgan fingerprint density at radius 3 is 2.40 bits per heavy atom. The Morgan fingerprint density at radius 2 is 1.70 bits per heavy atom. The van der Waals surface area contributed by atoms with E-state index in [1.165, 1.54) is 0 Å². The number of aryl methyl sites for hydroxylation is 1. The number of ether oxygens (including phenoxy) is 1. The van der Waals surface area contributed by atoms with Crippen LogP contribution in [0.2, 0.25) is 0 Å². The number of amides is 1. The summed E-state index contributed by atoms with van der Waals surface area (Å²) in [5.41, 5.74) is 3.97. The number of piperazine rings is 1. The van der Waals surface area contributed by atoms with Gasteiger partial charge in [-0.2, -0.15) is 0 Å². The van der Waals surface area contributed by atoms with E-state index in [0.29, 0.717) is 43.9 Å². The summed E-state index contributed by atoms with van der Waals surface area (Å²) in [4.78, 5) is 33.9. The summed E-state index contributed by atoms with van der Waals surface area (Å²) in [6.45, 7) is 6.56. The van der Waals surface area contributed by atoms with E-state index < -0.39 is 0 Å². The number of hydrogen-bond donors (Lipinski definition) is 0. The van der Waals surface area contributed by atoms with Gasteiger partial charge in [0.1, 0.15) is 5.56 Å². The first-order valence-corrected chi connectivity index (χ1v) is 10.2. The van der Waals surface area contributed by atoms with Crippen LogP contribution in [0.5, 0.6) is 0 Å². The van der Waals surface area contributed by atoms with E-state index in [1.54, 1.807) is 13.1 Å². The largest absolute Gasteiger partial charge is 0.462 e. The van der Waals surface area contributed by atoms with E-state index in [-0.39, 0.29) is 11.9 Å². The van der Waals surface area contributed by atoms with Gasteiger partial charge in [0.2, 0.25) is 0 Å². The topological polar surface area (TPSA) is 62.7 Å². The summed E-state index contributed by atoms with van der Waals surface area (Å²) in [5, 5.41) is 0.918. The van der Waals surface area contributed by atoms with Crippen molar-refractivity contribution in [3.63, 3.8) is 0 Å². The normalized spacial score (nSPS) is 14.1. The average molecular weight is 403 g/mol. The van der Waals surface area contributed by atoms with Crippen LogP contribution in [0.25, 0.3) is 10.9 Å². The second-order valence-electron chi connectivity index (χ2n) is 7.40. The molecule has 1 aliphatic heterocycles. The molecular formula is C24H25N3O3. The molecule has 1 aromatic heterocycles. The lowest BCUT2D eigenvalue weighted by Gasteiger charge is -2.37. The third-order valence-electron chi connectivity index (χ3n) is 5.42. The van der Waals surface area contributed by atoms with E-state index in [4.69, 9.17) is 4.74 Å². The van der Waals surface area contributed by atoms with Crippen LogP contribution in [0.1, 0.15) is 33.2 Å². The number of nitrogens with zero attached hydrogens (tertiary/aromatic N) is 3. The minimum Gasteiger partial charge on any atom is -0.462 e. The number of anilines is 1. The molecule has 1 saturated heterocycles. The van der Waals surface area contributed by atoms with Crippen LogP contribution >= 0.6 is 0 Å². The number of carbonyl (C=O) groups excluding carboxylic acids is 2. The number of pyridine rings is 1. The van der Waals surface area contributed by atoms with Gasteiger partial charge in [-0.25, -0.2) is 4.79 Å². The molecule has 30 heavy (non-hydrogen) atoms. The molecule has 1 fully saturated rings. The molecule has 0 spiro atoms. The van der Waals surface area contributed by atoms with Gasteiger partial charge in [-0.15, -0.1) is 0 Å². The molecule has 0 atom stereocenters. The summed E-state index contributed by atoms with van der Waals surface area (Å²) in [7, 11) is 0. The first-order chi connectivity index (χ1) is 14.6. The third-order valence-corrected chi connectivity index (χ3v) is 5.42. The van der Waals surface area contributed by atoms with Crippen LogP contribution in [-0.4, -0.2) is 54.5 Å². The van der Waals surface area contributed by atoms with Crippen molar-refractivity contribution in [3.05, 3.63) is 71.4 Å². The maximum absolute atomic E-state index is 12.9. The standard InChI is InChI=1S/C24H25N3O3/c1-3-30-24(29)20-16-25-21-7-5-4-6-19(21)22(20)26-12-14-27(15-13-26)23(28)18-10-8-17(2)9-11-18/h4-11,16H,3,12-15H2,1-2H3. The molecular weight excluding hydrogens is 378 g/mol. The molecule has 2 heterocycles. The monoisotopic (exact) mass is 403 g/mol. The van der Waals surface area contributed by atoms with Crippen molar-refractivity contribution in [2.24, 2.45) is 0 Å². The molecule has 154 valence electrons. The number of rotatable bonds is 4. The van der Waals surface area contributed by atoms with Crippen LogP contribution in [0.3, 0.4) is 0 Å². The third kappa shape index (κ3) is 3.85. The number of carbonyl (C=O) groups is 2. The summed E-state index contributed by atoms with van der Waals surface area (Å²) in [6.07, 6.45) is 1.60. The molecule has 0 N–H and O–H groups in total. The molecule has 1 aliphatic rings. The van der Waals surface area contributed by atoms with Crippen molar-refractivity contribution in [1.29, 1.82) is 0 Å². The Kier molecular flexibility index (Phi) is 5.65. The zero-order chi connectivity index (χ0) is 21.1. The van der Waals surface area contributed by atoms with Gasteiger partial charge in [0.05, 0.1) is 17.8 Å². The van der Waals surface area contributed by atoms with Crippen LogP contribution in [-0.2, 0) is 4.74 Å². The molecule has 0 aliphatic carbocycles. The lowest BCUT2D eigenvalue weighted by molar-refractivity contribution is 0.0525. The van der Waals surface area contributed by atoms with Gasteiger partial charge < -0.3 is 14.5 Å². The van der Waals surface area contributed by atoms with Gasteiger partial charge in [0.15, 0.2) is 0 Å². The van der Waals surface area contributed by atoms with E-state index in [2.05, 4.69) is 9.88 Å². The first-order valence-electron chi connectivity index (χ1n) is 10.2. The van der Waals surface area contributed by atoms with Crippen molar-refractivity contribution < 1.29 is 14.3 Å². The zero-order valence-corrected chi connectivity index (χ0v) is 17.3. The zero-order valence-electron chi connectivity index (χ0n) is 17.3. The van der Waals surface area contributed by atoms with Gasteiger partial charge in [0.25, 0.3) is 5.91 Å². The lowest BCUT2D eigenvalue weighted by atomic mass is 10.1. The Morgan fingerprint density at radius 1 is 1.00 bits per heavy atom. The molecule has 6 heteroatoms. The van der Waals surface area contributed by atoms with Gasteiger partial charge in [-0.3, -0.25) is 9.78 Å². The molecule has 0 bridgehead atoms. The highest BCUT2D eigenvalue weighted by Gasteiger charge is 2.27. The van der Waals surface area contributed by atoms with Crippen LogP contribution < -0.4 is 4.90 Å². The summed E-state index contributed by atoms with van der Waals surface area (Å²) < 4.78 is 5.27. The minimum absolute atomic E-state index is 0.0415. The number of hydrogen-bond acceptors (Lipinski definition) is 5. The Balaban J connectivity index is 1.59. The molecule has 3 aromatic rings. The smallest absolute Gasteiger partial charge is 0.341 e. The van der Waals surface area contributed by atoms with E-state index >= 15 is 0 Å². The van der Waals surface area contributed by atoms with Gasteiger partial charge in [-0.05, 0) is 32.0 Å². The fraction of sp³-hybridized carbons (Fsp3) is 0.292. The molecule has 6 nitrogen and oxygen atoms in total. The number of fused-ring (bicyclic) bond motifs is 1. The molecule has 0 radical (unpaired) electrons. The average Bonchev–Trinajstić information content (AvgIpc) is 2.78. The summed E-state index contributed by atoms with van der Waals surface area (Å²) >= 11 is 0. The predicted molar refractivity (Wildman–Crippen MR) is 117 cm³/mol. The van der Waals surface area contributed by atoms with Crippen molar-refractivity contribution in [3.8, 4) is 0 Å². The highest BCUT2D eigenvalue weighted by Crippen LogP contribution is 2.31. The fourth-order valence-corrected chi connectivity index (χ4v) is 3.84. The van der Waals surface area contributed by atoms with Crippen molar-refractivity contribution in [2.75, 3.05) is 37.7 Å². The maximum atomic E-state index is 12.9. The molecule has 2 aromatic carbocycles. The van der Waals surface area contributed by atoms with Crippen LogP contribution in [0.15, 0.2) is 54.7 Å². The minimum atomic E-state index is -0.371. The van der Waals surface area contributed by atoms with Crippen LogP contribution in [0, 0.1) is 6.92 Å². The lowest BCUT2D eigenvalue weighted by Crippen LogP contribution is -2.49. The van der Waals surface area contributed by atoms with E-state index in [9.17, 15) is 9.59 Å². The molecule has 0 saturated carbocycles. The highest BCUT2D eigenvalue weighted by molar-refractivity contribution is 6.05. The van der Waals surface area contributed by atoms with E-state index in [0.717, 1.165) is 22.2 Å².